The van der Waals surface area contributed by atoms with Crippen molar-refractivity contribution in [3.8, 4) is 17.2 Å². The van der Waals surface area contributed by atoms with Crippen LogP contribution < -0.4 is 0 Å². The van der Waals surface area contributed by atoms with Crippen LogP contribution in [0.25, 0.3) is 0 Å². The summed E-state index contributed by atoms with van der Waals surface area (Å²) in [6.45, 7) is 0. The highest BCUT2D eigenvalue weighted by molar-refractivity contribution is 5.53. The molecule has 3 nitrogen and oxygen atoms in total. The van der Waals surface area contributed by atoms with Crippen molar-refractivity contribution in [2.45, 2.75) is 82.0 Å². The Kier molecular flexibility index (Phi) is 6.80. The van der Waals surface area contributed by atoms with Crippen LogP contribution in [-0.4, -0.2) is 15.3 Å². The van der Waals surface area contributed by atoms with Gasteiger partial charge in [0.15, 0.2) is 0 Å². The van der Waals surface area contributed by atoms with E-state index in [1.54, 1.807) is 6.07 Å². The Hall–Kier alpha value is -2.94. The van der Waals surface area contributed by atoms with Crippen molar-refractivity contribution in [3.63, 3.8) is 0 Å². The monoisotopic (exact) mass is 456 g/mol. The fourth-order valence-corrected chi connectivity index (χ4v) is 6.27. The highest BCUT2D eigenvalue weighted by Crippen LogP contribution is 2.44. The van der Waals surface area contributed by atoms with E-state index in [-0.39, 0.29) is 11.7 Å². The first-order valence-corrected chi connectivity index (χ1v) is 13.1. The largest absolute Gasteiger partial charge is 0.508 e. The Morgan fingerprint density at radius 1 is 0.529 bits per heavy atom. The molecule has 0 spiro atoms. The van der Waals surface area contributed by atoms with Gasteiger partial charge in [0.05, 0.1) is 0 Å². The summed E-state index contributed by atoms with van der Waals surface area (Å²) in [7, 11) is 0. The molecule has 3 heteroatoms. The number of para-hydroxylation sites is 1. The molecule has 3 N–H and O–H groups in total. The normalized spacial score (nSPS) is 17.8. The van der Waals surface area contributed by atoms with Crippen LogP contribution in [0.2, 0.25) is 0 Å². The number of hydrogen-bond donors (Lipinski definition) is 3. The molecule has 0 bridgehead atoms. The van der Waals surface area contributed by atoms with Gasteiger partial charge in [-0.3, -0.25) is 0 Å². The zero-order valence-corrected chi connectivity index (χ0v) is 19.9. The van der Waals surface area contributed by atoms with Gasteiger partial charge < -0.3 is 15.3 Å². The van der Waals surface area contributed by atoms with Crippen LogP contribution in [0.1, 0.15) is 110 Å². The summed E-state index contributed by atoms with van der Waals surface area (Å²) in [5.41, 5.74) is 5.05. The first-order valence-electron chi connectivity index (χ1n) is 13.1. The van der Waals surface area contributed by atoms with Crippen molar-refractivity contribution < 1.29 is 15.3 Å². The van der Waals surface area contributed by atoms with Crippen molar-refractivity contribution in [2.24, 2.45) is 0 Å². The molecule has 0 aromatic heterocycles. The molecule has 0 atom stereocenters. The van der Waals surface area contributed by atoms with Crippen LogP contribution in [0.3, 0.4) is 0 Å². The van der Waals surface area contributed by atoms with Crippen LogP contribution >= 0.6 is 0 Å². The number of rotatable bonds is 5. The molecular formula is C31H36O3. The van der Waals surface area contributed by atoms with Gasteiger partial charge >= 0.3 is 0 Å². The highest BCUT2D eigenvalue weighted by Gasteiger charge is 2.26. The Morgan fingerprint density at radius 3 is 1.47 bits per heavy atom. The summed E-state index contributed by atoms with van der Waals surface area (Å²) in [5, 5.41) is 32.3. The molecule has 0 radical (unpaired) electrons. The summed E-state index contributed by atoms with van der Waals surface area (Å²) in [6.07, 6.45) is 11.8. The molecule has 0 unspecified atom stereocenters. The number of hydrogen-bond acceptors (Lipinski definition) is 3. The van der Waals surface area contributed by atoms with Crippen LogP contribution in [0.4, 0.5) is 0 Å². The van der Waals surface area contributed by atoms with Crippen molar-refractivity contribution >= 4 is 0 Å². The average Bonchev–Trinajstić information content (AvgIpc) is 2.88. The lowest BCUT2D eigenvalue weighted by Crippen LogP contribution is -2.10. The van der Waals surface area contributed by atoms with Crippen LogP contribution in [0.15, 0.2) is 60.7 Å². The minimum Gasteiger partial charge on any atom is -0.508 e. The second kappa shape index (κ2) is 10.1. The third-order valence-electron chi connectivity index (χ3n) is 8.11. The lowest BCUT2D eigenvalue weighted by atomic mass is 9.78. The van der Waals surface area contributed by atoms with Gasteiger partial charge in [-0.15, -0.1) is 0 Å². The van der Waals surface area contributed by atoms with Gasteiger partial charge in [-0.2, -0.15) is 0 Å². The summed E-state index contributed by atoms with van der Waals surface area (Å²) < 4.78 is 0. The molecule has 5 rings (SSSR count). The summed E-state index contributed by atoms with van der Waals surface area (Å²) >= 11 is 0. The first-order chi connectivity index (χ1) is 16.6. The maximum absolute atomic E-state index is 10.9. The molecule has 2 saturated carbocycles. The lowest BCUT2D eigenvalue weighted by Gasteiger charge is -2.27. The van der Waals surface area contributed by atoms with Gasteiger partial charge in [0.2, 0.25) is 0 Å². The fourth-order valence-electron chi connectivity index (χ4n) is 6.27. The minimum atomic E-state index is -0.174. The maximum Gasteiger partial charge on any atom is 0.119 e. The zero-order chi connectivity index (χ0) is 23.5. The summed E-state index contributed by atoms with van der Waals surface area (Å²) in [5.74, 6) is 1.62. The second-order valence-corrected chi connectivity index (χ2v) is 10.3. The van der Waals surface area contributed by atoms with E-state index in [0.717, 1.165) is 53.5 Å². The molecule has 178 valence electrons. The van der Waals surface area contributed by atoms with Gasteiger partial charge in [-0.1, -0.05) is 81.0 Å². The molecule has 0 heterocycles. The Labute approximate surface area is 203 Å². The van der Waals surface area contributed by atoms with Crippen LogP contribution in [0.5, 0.6) is 17.2 Å². The predicted molar refractivity (Wildman–Crippen MR) is 137 cm³/mol. The lowest BCUT2D eigenvalue weighted by molar-refractivity contribution is 0.413. The summed E-state index contributed by atoms with van der Waals surface area (Å²) in [4.78, 5) is 0. The molecule has 3 aromatic carbocycles. The first kappa shape index (κ1) is 22.8. The topological polar surface area (TPSA) is 60.7 Å². The smallest absolute Gasteiger partial charge is 0.119 e. The van der Waals surface area contributed by atoms with E-state index in [0.29, 0.717) is 23.3 Å². The third kappa shape index (κ3) is 4.66. The standard InChI is InChI=1S/C31H36O3/c32-28-14-8-7-13-25(28)31(23-15-17-29(33)26(19-23)21-9-3-1-4-10-21)24-16-18-30(34)27(20-24)22-11-5-2-6-12-22/h7-8,13-22,31-34H,1-6,9-12H2. The molecule has 3 aromatic rings. The molecule has 2 aliphatic carbocycles. The van der Waals surface area contributed by atoms with E-state index in [1.165, 1.54) is 38.5 Å². The molecule has 2 aliphatic rings. The third-order valence-corrected chi connectivity index (χ3v) is 8.11. The fraction of sp³-hybridized carbons (Fsp3) is 0.419. The Bertz CT molecular complexity index is 1060. The molecule has 0 aliphatic heterocycles. The minimum absolute atomic E-state index is 0.174. The highest BCUT2D eigenvalue weighted by atomic mass is 16.3. The second-order valence-electron chi connectivity index (χ2n) is 10.3. The van der Waals surface area contributed by atoms with E-state index in [9.17, 15) is 15.3 Å². The number of benzene rings is 3. The molecule has 0 saturated heterocycles. The van der Waals surface area contributed by atoms with Gasteiger partial charge in [0, 0.05) is 11.5 Å². The van der Waals surface area contributed by atoms with Crippen molar-refractivity contribution in [3.05, 3.63) is 88.5 Å². The van der Waals surface area contributed by atoms with E-state index in [4.69, 9.17) is 0 Å². The van der Waals surface area contributed by atoms with Gasteiger partial charge in [-0.05, 0) is 78.0 Å². The van der Waals surface area contributed by atoms with Crippen molar-refractivity contribution in [2.75, 3.05) is 0 Å². The number of phenolic OH excluding ortho intramolecular Hbond substituents is 3. The number of aromatic hydroxyl groups is 3. The van der Waals surface area contributed by atoms with E-state index >= 15 is 0 Å². The van der Waals surface area contributed by atoms with E-state index in [2.05, 4.69) is 12.1 Å². The SMILES string of the molecule is Oc1ccc(C(c2ccc(O)c(C3CCCCC3)c2)c2ccccc2O)cc1C1CCCCC1. The number of phenols is 3. The maximum atomic E-state index is 10.9. The van der Waals surface area contributed by atoms with Gasteiger partial charge in [0.1, 0.15) is 17.2 Å². The summed E-state index contributed by atoms with van der Waals surface area (Å²) in [6, 6.07) is 19.5. The van der Waals surface area contributed by atoms with Gasteiger partial charge in [-0.25, -0.2) is 0 Å². The average molecular weight is 457 g/mol. The quantitative estimate of drug-likeness (QED) is 0.340. The molecular weight excluding hydrogens is 420 g/mol. The molecule has 34 heavy (non-hydrogen) atoms. The molecule has 0 amide bonds. The van der Waals surface area contributed by atoms with Crippen LogP contribution in [0, 0.1) is 0 Å². The van der Waals surface area contributed by atoms with E-state index in [1.807, 2.05) is 42.5 Å². The van der Waals surface area contributed by atoms with Crippen molar-refractivity contribution in [1.29, 1.82) is 0 Å². The Balaban J connectivity index is 1.61. The van der Waals surface area contributed by atoms with Crippen molar-refractivity contribution in [1.82, 2.24) is 0 Å². The van der Waals surface area contributed by atoms with E-state index < -0.39 is 0 Å². The predicted octanol–water partition coefficient (Wildman–Crippen LogP) is 8.08. The Morgan fingerprint density at radius 2 is 1.00 bits per heavy atom. The zero-order valence-electron chi connectivity index (χ0n) is 19.9. The van der Waals surface area contributed by atoms with Gasteiger partial charge in [0.25, 0.3) is 0 Å². The molecule has 2 fully saturated rings. The van der Waals surface area contributed by atoms with Crippen LogP contribution in [-0.2, 0) is 0 Å².